The highest BCUT2D eigenvalue weighted by atomic mass is 14.1. The van der Waals surface area contributed by atoms with E-state index in [2.05, 4.69) is 32.6 Å². The minimum Gasteiger partial charge on any atom is -0.106 e. The summed E-state index contributed by atoms with van der Waals surface area (Å²) in [5.41, 5.74) is 0. The average Bonchev–Trinajstić information content (AvgIpc) is 1.82. The second-order valence-electron chi connectivity index (χ2n) is 2.65. The van der Waals surface area contributed by atoms with E-state index in [1.54, 1.807) is 0 Å². The zero-order chi connectivity index (χ0) is 7.28. The summed E-state index contributed by atoms with van der Waals surface area (Å²) < 4.78 is 0. The standard InChI is InChI=1S/C9H16/c1-5-7-9(6-2)8(3)4/h8-9H,6H2,1-4H3. The highest BCUT2D eigenvalue weighted by molar-refractivity contribution is 5.01. The van der Waals surface area contributed by atoms with Gasteiger partial charge in [-0.1, -0.05) is 26.7 Å². The predicted octanol–water partition coefficient (Wildman–Crippen LogP) is 2.69. The van der Waals surface area contributed by atoms with Gasteiger partial charge in [0.25, 0.3) is 0 Å². The van der Waals surface area contributed by atoms with E-state index in [0.717, 1.165) is 0 Å². The van der Waals surface area contributed by atoms with Crippen molar-refractivity contribution >= 4 is 0 Å². The van der Waals surface area contributed by atoms with Crippen LogP contribution in [0.2, 0.25) is 0 Å². The van der Waals surface area contributed by atoms with Gasteiger partial charge in [0.05, 0.1) is 0 Å². The highest BCUT2D eigenvalue weighted by Gasteiger charge is 2.05. The topological polar surface area (TPSA) is 0 Å². The van der Waals surface area contributed by atoms with Gasteiger partial charge in [0.2, 0.25) is 0 Å². The van der Waals surface area contributed by atoms with E-state index < -0.39 is 0 Å². The van der Waals surface area contributed by atoms with Gasteiger partial charge in [-0.05, 0) is 19.3 Å². The Balaban J connectivity index is 3.78. The monoisotopic (exact) mass is 124 g/mol. The van der Waals surface area contributed by atoms with Crippen molar-refractivity contribution in [1.29, 1.82) is 0 Å². The third kappa shape index (κ3) is 3.19. The Hall–Kier alpha value is -0.440. The summed E-state index contributed by atoms with van der Waals surface area (Å²) in [6, 6.07) is 0. The minimum absolute atomic E-state index is 0.606. The molecular weight excluding hydrogens is 108 g/mol. The predicted molar refractivity (Wildman–Crippen MR) is 42.1 cm³/mol. The zero-order valence-corrected chi connectivity index (χ0v) is 6.86. The molecular formula is C9H16. The molecule has 0 rings (SSSR count). The summed E-state index contributed by atoms with van der Waals surface area (Å²) in [7, 11) is 0. The maximum Gasteiger partial charge on any atom is 0.0223 e. The molecule has 0 bridgehead atoms. The van der Waals surface area contributed by atoms with Gasteiger partial charge in [0.1, 0.15) is 0 Å². The molecule has 0 aliphatic carbocycles. The van der Waals surface area contributed by atoms with Crippen LogP contribution in [0.5, 0.6) is 0 Å². The molecule has 0 spiro atoms. The lowest BCUT2D eigenvalue weighted by atomic mass is 9.94. The lowest BCUT2D eigenvalue weighted by Crippen LogP contribution is -2.03. The van der Waals surface area contributed by atoms with E-state index in [-0.39, 0.29) is 0 Å². The summed E-state index contributed by atoms with van der Waals surface area (Å²) in [5, 5.41) is 0. The minimum atomic E-state index is 0.606. The first-order valence-electron chi connectivity index (χ1n) is 3.64. The Labute approximate surface area is 58.7 Å². The maximum atomic E-state index is 3.18. The molecule has 0 heterocycles. The van der Waals surface area contributed by atoms with Crippen LogP contribution >= 0.6 is 0 Å². The van der Waals surface area contributed by atoms with Gasteiger partial charge < -0.3 is 0 Å². The Bertz CT molecular complexity index is 112. The van der Waals surface area contributed by atoms with Gasteiger partial charge in [0, 0.05) is 5.92 Å². The molecule has 0 aromatic rings. The third-order valence-corrected chi connectivity index (χ3v) is 1.57. The van der Waals surface area contributed by atoms with Crippen molar-refractivity contribution in [3.05, 3.63) is 0 Å². The summed E-state index contributed by atoms with van der Waals surface area (Å²) >= 11 is 0. The lowest BCUT2D eigenvalue weighted by Gasteiger charge is -2.10. The van der Waals surface area contributed by atoms with Crippen LogP contribution in [0.3, 0.4) is 0 Å². The van der Waals surface area contributed by atoms with Crippen LogP contribution < -0.4 is 0 Å². The first kappa shape index (κ1) is 8.56. The van der Waals surface area contributed by atoms with Crippen LogP contribution in [0, 0.1) is 23.7 Å². The van der Waals surface area contributed by atoms with Crippen molar-refractivity contribution in [2.24, 2.45) is 11.8 Å². The molecule has 1 atom stereocenters. The third-order valence-electron chi connectivity index (χ3n) is 1.57. The largest absolute Gasteiger partial charge is 0.106 e. The molecule has 0 aliphatic rings. The van der Waals surface area contributed by atoms with Gasteiger partial charge in [0.15, 0.2) is 0 Å². The Morgan fingerprint density at radius 1 is 1.33 bits per heavy atom. The average molecular weight is 124 g/mol. The molecule has 0 amide bonds. The first-order chi connectivity index (χ1) is 4.22. The van der Waals surface area contributed by atoms with Crippen molar-refractivity contribution in [1.82, 2.24) is 0 Å². The molecule has 0 saturated carbocycles. The summed E-state index contributed by atoms with van der Waals surface area (Å²) in [5.74, 6) is 7.45. The second-order valence-corrected chi connectivity index (χ2v) is 2.65. The molecule has 0 heteroatoms. The van der Waals surface area contributed by atoms with Gasteiger partial charge in [-0.25, -0.2) is 0 Å². The van der Waals surface area contributed by atoms with Gasteiger partial charge >= 0.3 is 0 Å². The van der Waals surface area contributed by atoms with Crippen molar-refractivity contribution in [3.63, 3.8) is 0 Å². The molecule has 9 heavy (non-hydrogen) atoms. The SMILES string of the molecule is CC#CC(CC)C(C)C. The summed E-state index contributed by atoms with van der Waals surface area (Å²) in [6.45, 7) is 8.54. The fourth-order valence-corrected chi connectivity index (χ4v) is 0.926. The van der Waals surface area contributed by atoms with E-state index in [9.17, 15) is 0 Å². The Kier molecular flexibility index (Phi) is 4.22. The van der Waals surface area contributed by atoms with Crippen LogP contribution in [0.15, 0.2) is 0 Å². The normalized spacial score (nSPS) is 12.6. The van der Waals surface area contributed by atoms with Crippen molar-refractivity contribution in [2.75, 3.05) is 0 Å². The Morgan fingerprint density at radius 3 is 2.00 bits per heavy atom. The molecule has 1 unspecified atom stereocenters. The van der Waals surface area contributed by atoms with Crippen LogP contribution in [0.25, 0.3) is 0 Å². The van der Waals surface area contributed by atoms with E-state index in [1.165, 1.54) is 6.42 Å². The van der Waals surface area contributed by atoms with E-state index >= 15 is 0 Å². The molecule has 0 nitrogen and oxygen atoms in total. The summed E-state index contributed by atoms with van der Waals surface area (Å²) in [6.07, 6.45) is 1.18. The van der Waals surface area contributed by atoms with Crippen molar-refractivity contribution < 1.29 is 0 Å². The lowest BCUT2D eigenvalue weighted by molar-refractivity contribution is 0.468. The van der Waals surface area contributed by atoms with E-state index in [1.807, 2.05) is 6.92 Å². The maximum absolute atomic E-state index is 3.18. The molecule has 0 fully saturated rings. The van der Waals surface area contributed by atoms with Crippen LogP contribution in [-0.4, -0.2) is 0 Å². The van der Waals surface area contributed by atoms with Crippen LogP contribution in [0.1, 0.15) is 34.1 Å². The number of hydrogen-bond acceptors (Lipinski definition) is 0. The second kappa shape index (κ2) is 4.44. The van der Waals surface area contributed by atoms with E-state index in [4.69, 9.17) is 0 Å². The number of hydrogen-bond donors (Lipinski definition) is 0. The quantitative estimate of drug-likeness (QED) is 0.496. The molecule has 0 aromatic carbocycles. The zero-order valence-electron chi connectivity index (χ0n) is 6.86. The van der Waals surface area contributed by atoms with Crippen molar-refractivity contribution in [2.45, 2.75) is 34.1 Å². The number of rotatable bonds is 2. The first-order valence-corrected chi connectivity index (χ1v) is 3.64. The molecule has 0 N–H and O–H groups in total. The molecule has 0 saturated heterocycles. The van der Waals surface area contributed by atoms with E-state index in [0.29, 0.717) is 11.8 Å². The highest BCUT2D eigenvalue weighted by Crippen LogP contribution is 2.12. The summed E-state index contributed by atoms with van der Waals surface area (Å²) in [4.78, 5) is 0. The fraction of sp³-hybridized carbons (Fsp3) is 0.778. The fourth-order valence-electron chi connectivity index (χ4n) is 0.926. The molecule has 0 radical (unpaired) electrons. The van der Waals surface area contributed by atoms with Crippen LogP contribution in [0.4, 0.5) is 0 Å². The van der Waals surface area contributed by atoms with Gasteiger partial charge in [-0.2, -0.15) is 0 Å². The molecule has 52 valence electrons. The van der Waals surface area contributed by atoms with Crippen LogP contribution in [-0.2, 0) is 0 Å². The van der Waals surface area contributed by atoms with Crippen molar-refractivity contribution in [3.8, 4) is 11.8 Å². The van der Waals surface area contributed by atoms with Gasteiger partial charge in [-0.3, -0.25) is 0 Å². The molecule has 0 aromatic heterocycles. The molecule has 0 aliphatic heterocycles. The Morgan fingerprint density at radius 2 is 1.89 bits per heavy atom. The van der Waals surface area contributed by atoms with Gasteiger partial charge in [-0.15, -0.1) is 5.92 Å². The smallest absolute Gasteiger partial charge is 0.0223 e.